The first-order chi connectivity index (χ1) is 21.9. The largest absolute Gasteiger partial charge is 2.00 e. The summed E-state index contributed by atoms with van der Waals surface area (Å²) in [6.45, 7) is 10.1. The van der Waals surface area contributed by atoms with Crippen LogP contribution in [-0.4, -0.2) is 64.1 Å². The average Bonchev–Trinajstić information content (AvgIpc) is 2.92. The van der Waals surface area contributed by atoms with E-state index in [1.807, 2.05) is 38.1 Å². The van der Waals surface area contributed by atoms with E-state index in [9.17, 15) is 10.2 Å². The van der Waals surface area contributed by atoms with E-state index < -0.39 is 20.5 Å². The SMILES string of the molecule is CC#N.CC#N.Cc1cc2c([O-])c(c1)C=NCCNCCN=Cc1cc(C)cc(c1[O-])C=NCCN=C2.[Co+2].[Co+2].[O-][Cl+3]([O-])([O-])[O-].[O-][Cl+3]([O-])([O-])[O-]. The summed E-state index contributed by atoms with van der Waals surface area (Å²) in [5.74, 6) is -0.170. The molecule has 0 aromatic heterocycles. The van der Waals surface area contributed by atoms with Gasteiger partial charge in [-0.05, 0) is 47.2 Å². The van der Waals surface area contributed by atoms with Crippen molar-refractivity contribution in [3.8, 4) is 23.6 Å². The molecular formula is C28H33Cl2Co2N7O10. The van der Waals surface area contributed by atoms with Crippen molar-refractivity contribution in [2.45, 2.75) is 27.7 Å². The summed E-state index contributed by atoms with van der Waals surface area (Å²) in [4.78, 5) is 17.4. The molecule has 0 saturated carbocycles. The number of nitriles is 2. The number of benzene rings is 2. The van der Waals surface area contributed by atoms with Crippen LogP contribution in [0.25, 0.3) is 0 Å². The Morgan fingerprint density at radius 2 is 0.755 bits per heavy atom. The molecule has 1 N–H and O–H groups in total. The maximum atomic E-state index is 12.6. The van der Waals surface area contributed by atoms with Gasteiger partial charge >= 0.3 is 33.6 Å². The second-order valence-corrected chi connectivity index (χ2v) is 10.2. The topological polar surface area (TPSA) is 340 Å². The number of nitrogens with one attached hydrogen (secondary N) is 1. The van der Waals surface area contributed by atoms with E-state index in [4.69, 9.17) is 47.8 Å². The number of hydrogen-bond donors (Lipinski definition) is 1. The Balaban J connectivity index is -0.000000473. The quantitative estimate of drug-likeness (QED) is 0.259. The van der Waals surface area contributed by atoms with Gasteiger partial charge in [-0.1, -0.05) is 35.8 Å². The molecule has 2 aromatic rings. The molecule has 2 radical (unpaired) electrons. The van der Waals surface area contributed by atoms with E-state index >= 15 is 0 Å². The number of aryl methyl sites for hydroxylation is 2. The molecule has 0 spiro atoms. The standard InChI is InChI=1S/C24H29N5O2.2C2H3N.2ClHO4.2Co/c1-17-9-19-13-26-5-3-25-4-6-27-14-20-10-18(2)12-22(24(20)31)16-29-8-7-28-15-21(11-17)23(19)30;2*1-2-3;2*2-1(3,4)5;;/h9-16,25,30-31H,3-8H2,1-2H3;2*1H3;2*(H,2,3,4,5);;/q;;;;;2*+2/p-4. The van der Waals surface area contributed by atoms with Gasteiger partial charge in [0.15, 0.2) is 0 Å². The van der Waals surface area contributed by atoms with Crippen molar-refractivity contribution in [2.24, 2.45) is 20.0 Å². The molecule has 21 heteroatoms. The second kappa shape index (κ2) is 29.8. The Kier molecular flexibility index (Phi) is 32.1. The summed E-state index contributed by atoms with van der Waals surface area (Å²) in [5.41, 5.74) is 4.16. The predicted molar refractivity (Wildman–Crippen MR) is 147 cm³/mol. The van der Waals surface area contributed by atoms with Gasteiger partial charge in [-0.15, -0.1) is 20.5 Å². The number of nitrogens with zero attached hydrogens (tertiary/aromatic N) is 6. The first-order valence-electron chi connectivity index (χ1n) is 13.1. The summed E-state index contributed by atoms with van der Waals surface area (Å²) in [5, 5.41) is 43.2. The van der Waals surface area contributed by atoms with Gasteiger partial charge in [0.1, 0.15) is 0 Å². The molecule has 0 amide bonds. The van der Waals surface area contributed by atoms with E-state index in [1.165, 1.54) is 13.8 Å². The van der Waals surface area contributed by atoms with Crippen LogP contribution in [0.2, 0.25) is 0 Å². The summed E-state index contributed by atoms with van der Waals surface area (Å²) in [7, 11) is -9.89. The van der Waals surface area contributed by atoms with Gasteiger partial charge in [0.05, 0.1) is 38.3 Å². The van der Waals surface area contributed by atoms with Gasteiger partial charge in [-0.3, -0.25) is 20.0 Å². The second-order valence-electron chi connectivity index (χ2n) is 8.64. The van der Waals surface area contributed by atoms with Crippen molar-refractivity contribution < 1.29 is 102 Å². The van der Waals surface area contributed by atoms with E-state index in [0.29, 0.717) is 61.5 Å². The molecule has 0 fully saturated rings. The molecule has 0 atom stereocenters. The first kappa shape index (κ1) is 52.7. The molecule has 0 aliphatic carbocycles. The van der Waals surface area contributed by atoms with Crippen molar-refractivity contribution in [3.05, 3.63) is 57.6 Å². The first-order valence-corrected chi connectivity index (χ1v) is 15.5. The maximum Gasteiger partial charge on any atom is 2.00 e. The van der Waals surface area contributed by atoms with Crippen LogP contribution in [-0.2, 0) is 33.6 Å². The van der Waals surface area contributed by atoms with Crippen molar-refractivity contribution in [1.82, 2.24) is 5.32 Å². The molecule has 1 aliphatic heterocycles. The monoisotopic (exact) mass is 815 g/mol. The smallest absolute Gasteiger partial charge is 0.872 e. The van der Waals surface area contributed by atoms with Gasteiger partial charge in [-0.2, -0.15) is 10.5 Å². The summed E-state index contributed by atoms with van der Waals surface area (Å²) in [6.07, 6.45) is 6.44. The van der Waals surface area contributed by atoms with Crippen LogP contribution in [0, 0.1) is 57.0 Å². The maximum absolute atomic E-state index is 12.6. The van der Waals surface area contributed by atoms with E-state index in [1.54, 1.807) is 37.0 Å². The number of fused-ring (bicyclic) bond motifs is 4. The molecule has 272 valence electrons. The fraction of sp³-hybridized carbons (Fsp3) is 0.357. The minimum atomic E-state index is -4.94. The van der Waals surface area contributed by atoms with E-state index in [-0.39, 0.29) is 45.1 Å². The zero-order valence-corrected chi connectivity index (χ0v) is 30.1. The molecule has 1 heterocycles. The molecule has 17 nitrogen and oxygen atoms in total. The molecule has 1 aliphatic rings. The van der Waals surface area contributed by atoms with Crippen molar-refractivity contribution in [3.63, 3.8) is 0 Å². The van der Waals surface area contributed by atoms with Crippen molar-refractivity contribution >= 4 is 24.9 Å². The molecule has 3 rings (SSSR count). The summed E-state index contributed by atoms with van der Waals surface area (Å²) < 4.78 is 67.9. The summed E-state index contributed by atoms with van der Waals surface area (Å²) >= 11 is 0. The third kappa shape index (κ3) is 33.2. The Hall–Kier alpha value is -3.07. The molecule has 49 heavy (non-hydrogen) atoms. The van der Waals surface area contributed by atoms with Gasteiger partial charge in [0, 0.05) is 51.8 Å². The normalized spacial score (nSPS) is 12.6. The Labute approximate surface area is 309 Å². The van der Waals surface area contributed by atoms with Gasteiger partial charge in [-0.25, -0.2) is 37.3 Å². The zero-order chi connectivity index (χ0) is 36.5. The molecular weight excluding hydrogens is 783 g/mol. The van der Waals surface area contributed by atoms with Crippen molar-refractivity contribution in [2.75, 3.05) is 39.3 Å². The molecule has 0 saturated heterocycles. The van der Waals surface area contributed by atoms with Gasteiger partial charge < -0.3 is 15.5 Å². The Bertz CT molecular complexity index is 1310. The van der Waals surface area contributed by atoms with Gasteiger partial charge in [0.25, 0.3) is 0 Å². The number of aliphatic imine (C=N–C) groups is 4. The fourth-order valence-electron chi connectivity index (χ4n) is 3.22. The van der Waals surface area contributed by atoms with E-state index in [2.05, 4.69) is 25.3 Å². The van der Waals surface area contributed by atoms with Crippen LogP contribution in [0.1, 0.15) is 47.2 Å². The number of hydrogen-bond acceptors (Lipinski definition) is 17. The zero-order valence-electron chi connectivity index (χ0n) is 26.5. The van der Waals surface area contributed by atoms with Crippen LogP contribution < -0.4 is 52.8 Å². The van der Waals surface area contributed by atoms with Gasteiger partial charge in [0.2, 0.25) is 0 Å². The van der Waals surface area contributed by atoms with Crippen LogP contribution in [0.4, 0.5) is 0 Å². The summed E-state index contributed by atoms with van der Waals surface area (Å²) in [6, 6.07) is 10.8. The van der Waals surface area contributed by atoms with Crippen LogP contribution in [0.15, 0.2) is 44.2 Å². The van der Waals surface area contributed by atoms with E-state index in [0.717, 1.165) is 11.1 Å². The van der Waals surface area contributed by atoms with Crippen molar-refractivity contribution in [1.29, 1.82) is 10.5 Å². The van der Waals surface area contributed by atoms with Crippen LogP contribution >= 0.6 is 0 Å². The van der Waals surface area contributed by atoms with Crippen LogP contribution in [0.5, 0.6) is 11.5 Å². The fourth-order valence-corrected chi connectivity index (χ4v) is 3.22. The third-order valence-electron chi connectivity index (χ3n) is 4.70. The number of halogens is 2. The Morgan fingerprint density at radius 1 is 0.551 bits per heavy atom. The Morgan fingerprint density at radius 3 is 0.980 bits per heavy atom. The molecule has 2 aromatic carbocycles. The molecule has 0 unspecified atom stereocenters. The van der Waals surface area contributed by atoms with Crippen LogP contribution in [0.3, 0.4) is 0 Å². The minimum Gasteiger partial charge on any atom is -0.872 e. The predicted octanol–water partition coefficient (Wildman–Crippen LogP) is -7.03. The third-order valence-corrected chi connectivity index (χ3v) is 4.70. The molecule has 4 bridgehead atoms. The minimum absolute atomic E-state index is 0. The average molecular weight is 816 g/mol. The number of rotatable bonds is 0.